The minimum atomic E-state index is -0.247. The van der Waals surface area contributed by atoms with E-state index in [0.29, 0.717) is 5.70 Å². The van der Waals surface area contributed by atoms with Crippen LogP contribution in [0, 0.1) is 0 Å². The lowest BCUT2D eigenvalue weighted by Crippen LogP contribution is -2.27. The summed E-state index contributed by atoms with van der Waals surface area (Å²) in [6, 6.07) is 9.04. The van der Waals surface area contributed by atoms with Gasteiger partial charge in [0.15, 0.2) is 0 Å². The summed E-state index contributed by atoms with van der Waals surface area (Å²) in [7, 11) is 0. The lowest BCUT2D eigenvalue weighted by Gasteiger charge is -2.07. The fourth-order valence-corrected chi connectivity index (χ4v) is 0.933. The van der Waals surface area contributed by atoms with Gasteiger partial charge in [0, 0.05) is 11.4 Å². The van der Waals surface area contributed by atoms with Crippen LogP contribution < -0.4 is 10.6 Å². The Bertz CT molecular complexity index is 319. The molecule has 1 aromatic rings. The van der Waals surface area contributed by atoms with Crippen LogP contribution in [-0.2, 0) is 0 Å². The second-order valence-electron chi connectivity index (χ2n) is 2.90. The molecule has 0 aliphatic rings. The van der Waals surface area contributed by atoms with Crippen molar-refractivity contribution in [2.75, 3.05) is 5.32 Å². The summed E-state index contributed by atoms with van der Waals surface area (Å²) in [5.74, 6) is 0. The number of benzene rings is 1. The Balaban J connectivity index is 2.46. The lowest BCUT2D eigenvalue weighted by atomic mass is 10.3. The number of urea groups is 1. The van der Waals surface area contributed by atoms with Gasteiger partial charge >= 0.3 is 6.03 Å². The normalized spacial score (nSPS) is 9.21. The van der Waals surface area contributed by atoms with Gasteiger partial charge in [0.1, 0.15) is 0 Å². The summed E-state index contributed by atoms with van der Waals surface area (Å²) in [4.78, 5) is 11.3. The third-order valence-corrected chi connectivity index (χ3v) is 1.75. The number of rotatable bonds is 3. The van der Waals surface area contributed by atoms with Crippen molar-refractivity contribution >= 4 is 11.7 Å². The van der Waals surface area contributed by atoms with Gasteiger partial charge in [0.05, 0.1) is 0 Å². The van der Waals surface area contributed by atoms with E-state index in [2.05, 4.69) is 17.2 Å². The molecule has 0 aliphatic carbocycles. The van der Waals surface area contributed by atoms with Crippen LogP contribution in [0.2, 0.25) is 0 Å². The molecule has 0 saturated carbocycles. The topological polar surface area (TPSA) is 41.1 Å². The second-order valence-corrected chi connectivity index (χ2v) is 2.90. The fraction of sp³-hybridized carbons (Fsp3) is 0.182. The van der Waals surface area contributed by atoms with Crippen molar-refractivity contribution in [3.05, 3.63) is 42.6 Å². The van der Waals surface area contributed by atoms with Gasteiger partial charge in [-0.3, -0.25) is 0 Å². The van der Waals surface area contributed by atoms with E-state index in [1.165, 1.54) is 0 Å². The molecule has 1 aromatic carbocycles. The van der Waals surface area contributed by atoms with Gasteiger partial charge < -0.3 is 10.6 Å². The van der Waals surface area contributed by atoms with Crippen molar-refractivity contribution in [1.29, 1.82) is 0 Å². The molecule has 74 valence electrons. The average Bonchev–Trinajstić information content (AvgIpc) is 2.19. The molecule has 0 spiro atoms. The Morgan fingerprint density at radius 3 is 2.57 bits per heavy atom. The van der Waals surface area contributed by atoms with Crippen LogP contribution >= 0.6 is 0 Å². The van der Waals surface area contributed by atoms with E-state index in [1.54, 1.807) is 0 Å². The Labute approximate surface area is 83.8 Å². The molecule has 1 rings (SSSR count). The molecule has 0 heterocycles. The van der Waals surface area contributed by atoms with Crippen molar-refractivity contribution in [3.8, 4) is 0 Å². The van der Waals surface area contributed by atoms with Crippen LogP contribution in [0.5, 0.6) is 0 Å². The van der Waals surface area contributed by atoms with Gasteiger partial charge in [-0.15, -0.1) is 0 Å². The van der Waals surface area contributed by atoms with Crippen molar-refractivity contribution in [2.45, 2.75) is 13.3 Å². The van der Waals surface area contributed by atoms with Crippen LogP contribution in [0.15, 0.2) is 42.6 Å². The number of hydrogen-bond donors (Lipinski definition) is 2. The minimum absolute atomic E-state index is 0.247. The second kappa shape index (κ2) is 5.07. The number of hydrogen-bond acceptors (Lipinski definition) is 1. The highest BCUT2D eigenvalue weighted by Crippen LogP contribution is 2.04. The van der Waals surface area contributed by atoms with Crippen LogP contribution in [-0.4, -0.2) is 6.03 Å². The lowest BCUT2D eigenvalue weighted by molar-refractivity contribution is 0.254. The van der Waals surface area contributed by atoms with Crippen molar-refractivity contribution in [2.24, 2.45) is 0 Å². The van der Waals surface area contributed by atoms with Crippen LogP contribution in [0.3, 0.4) is 0 Å². The highest BCUT2D eigenvalue weighted by Gasteiger charge is 2.00. The molecular formula is C11H14N2O. The number of para-hydroxylation sites is 1. The molecule has 3 heteroatoms. The molecule has 0 aliphatic heterocycles. The maximum Gasteiger partial charge on any atom is 0.323 e. The molecule has 2 amide bonds. The molecule has 0 fully saturated rings. The smallest absolute Gasteiger partial charge is 0.312 e. The van der Waals surface area contributed by atoms with Gasteiger partial charge in [0.2, 0.25) is 0 Å². The van der Waals surface area contributed by atoms with Gasteiger partial charge in [-0.25, -0.2) is 4.79 Å². The van der Waals surface area contributed by atoms with Crippen LogP contribution in [0.1, 0.15) is 13.3 Å². The predicted molar refractivity (Wildman–Crippen MR) is 58.0 cm³/mol. The Morgan fingerprint density at radius 2 is 2.00 bits per heavy atom. The highest BCUT2D eigenvalue weighted by molar-refractivity contribution is 5.90. The molecule has 0 unspecified atom stereocenters. The third-order valence-electron chi connectivity index (χ3n) is 1.75. The molecule has 3 nitrogen and oxygen atoms in total. The fourth-order valence-electron chi connectivity index (χ4n) is 0.933. The number of carbonyl (C=O) groups excluding carboxylic acids is 1. The maximum atomic E-state index is 11.3. The number of amides is 2. The first-order valence-corrected chi connectivity index (χ1v) is 4.53. The monoisotopic (exact) mass is 190 g/mol. The minimum Gasteiger partial charge on any atom is -0.312 e. The zero-order valence-electron chi connectivity index (χ0n) is 8.21. The standard InChI is InChI=1S/C11H14N2O/c1-3-9(2)12-11(14)13-10-7-5-4-6-8-10/h4-8H,2-3H2,1H3,(H2,12,13,14). The Kier molecular flexibility index (Phi) is 3.73. The first-order chi connectivity index (χ1) is 6.72. The van der Waals surface area contributed by atoms with E-state index in [1.807, 2.05) is 37.3 Å². The van der Waals surface area contributed by atoms with E-state index in [9.17, 15) is 4.79 Å². The molecule has 2 N–H and O–H groups in total. The summed E-state index contributed by atoms with van der Waals surface area (Å²) >= 11 is 0. The van der Waals surface area contributed by atoms with Crippen molar-refractivity contribution in [3.63, 3.8) is 0 Å². The van der Waals surface area contributed by atoms with E-state index in [0.717, 1.165) is 12.1 Å². The quantitative estimate of drug-likeness (QED) is 0.756. The van der Waals surface area contributed by atoms with Crippen LogP contribution in [0.25, 0.3) is 0 Å². The predicted octanol–water partition coefficient (Wildman–Crippen LogP) is 2.73. The number of carbonyl (C=O) groups is 1. The molecule has 0 radical (unpaired) electrons. The molecule has 0 atom stereocenters. The Morgan fingerprint density at radius 1 is 1.36 bits per heavy atom. The number of anilines is 1. The van der Waals surface area contributed by atoms with Crippen molar-refractivity contribution < 1.29 is 4.79 Å². The maximum absolute atomic E-state index is 11.3. The van der Waals surface area contributed by atoms with Crippen LogP contribution in [0.4, 0.5) is 10.5 Å². The Hall–Kier alpha value is -1.77. The summed E-state index contributed by atoms with van der Waals surface area (Å²) in [6.45, 7) is 5.62. The molecule has 14 heavy (non-hydrogen) atoms. The first-order valence-electron chi connectivity index (χ1n) is 4.53. The molecule has 0 aromatic heterocycles. The van der Waals surface area contributed by atoms with Gasteiger partial charge in [-0.1, -0.05) is 31.7 Å². The van der Waals surface area contributed by atoms with E-state index < -0.39 is 0 Å². The van der Waals surface area contributed by atoms with E-state index in [-0.39, 0.29) is 6.03 Å². The molecule has 0 saturated heterocycles. The van der Waals surface area contributed by atoms with Gasteiger partial charge in [-0.2, -0.15) is 0 Å². The van der Waals surface area contributed by atoms with Crippen molar-refractivity contribution in [1.82, 2.24) is 5.32 Å². The summed E-state index contributed by atoms with van der Waals surface area (Å²) in [5.41, 5.74) is 1.48. The number of allylic oxidation sites excluding steroid dienone is 1. The molecule has 0 bridgehead atoms. The van der Waals surface area contributed by atoms with Gasteiger partial charge in [-0.05, 0) is 18.6 Å². The summed E-state index contributed by atoms with van der Waals surface area (Å²) in [6.07, 6.45) is 0.738. The SMILES string of the molecule is C=C(CC)NC(=O)Nc1ccccc1. The zero-order chi connectivity index (χ0) is 10.4. The summed E-state index contributed by atoms with van der Waals surface area (Å²) in [5, 5.41) is 5.33. The third kappa shape index (κ3) is 3.31. The largest absolute Gasteiger partial charge is 0.323 e. The van der Waals surface area contributed by atoms with E-state index >= 15 is 0 Å². The molecular weight excluding hydrogens is 176 g/mol. The number of nitrogens with one attached hydrogen (secondary N) is 2. The average molecular weight is 190 g/mol. The van der Waals surface area contributed by atoms with E-state index in [4.69, 9.17) is 0 Å². The first kappa shape index (κ1) is 10.3. The summed E-state index contributed by atoms with van der Waals surface area (Å²) < 4.78 is 0. The van der Waals surface area contributed by atoms with Gasteiger partial charge in [0.25, 0.3) is 0 Å². The highest BCUT2D eigenvalue weighted by atomic mass is 16.2. The zero-order valence-corrected chi connectivity index (χ0v) is 8.21.